The lowest BCUT2D eigenvalue weighted by Gasteiger charge is -2.32. The molecule has 1 N–H and O–H groups in total. The Morgan fingerprint density at radius 3 is 2.73 bits per heavy atom. The van der Waals surface area contributed by atoms with Crippen LogP contribution in [0.1, 0.15) is 39.3 Å². The second-order valence-electron chi connectivity index (χ2n) is 7.71. The first-order valence-electron chi connectivity index (χ1n) is 8.99. The summed E-state index contributed by atoms with van der Waals surface area (Å²) in [4.78, 5) is 30.9. The van der Waals surface area contributed by atoms with Crippen LogP contribution in [0.3, 0.4) is 0 Å². The van der Waals surface area contributed by atoms with E-state index < -0.39 is 5.60 Å². The first-order valence-corrected chi connectivity index (χ1v) is 8.99. The van der Waals surface area contributed by atoms with E-state index in [-0.39, 0.29) is 17.7 Å². The van der Waals surface area contributed by atoms with Gasteiger partial charge in [0.2, 0.25) is 0 Å². The van der Waals surface area contributed by atoms with Gasteiger partial charge in [-0.05, 0) is 45.7 Å². The summed E-state index contributed by atoms with van der Waals surface area (Å²) < 4.78 is 6.85. The highest BCUT2D eigenvalue weighted by molar-refractivity contribution is 5.68. The summed E-state index contributed by atoms with van der Waals surface area (Å²) >= 11 is 0. The molecule has 140 valence electrons. The van der Waals surface area contributed by atoms with Crippen molar-refractivity contribution in [3.05, 3.63) is 46.5 Å². The zero-order valence-electron chi connectivity index (χ0n) is 15.6. The quantitative estimate of drug-likeness (QED) is 0.910. The monoisotopic (exact) mass is 358 g/mol. The summed E-state index contributed by atoms with van der Waals surface area (Å²) in [5.41, 5.74) is 0.893. The van der Waals surface area contributed by atoms with Crippen LogP contribution in [0.15, 0.2) is 35.3 Å². The Kier molecular flexibility index (Phi) is 5.27. The molecule has 0 spiro atoms. The fourth-order valence-electron chi connectivity index (χ4n) is 3.12. The molecule has 0 aromatic carbocycles. The van der Waals surface area contributed by atoms with Crippen LogP contribution in [-0.4, -0.2) is 45.1 Å². The number of likely N-dealkylation sites (tertiary alicyclic amines) is 1. The molecule has 7 heteroatoms. The van der Waals surface area contributed by atoms with E-state index >= 15 is 0 Å². The van der Waals surface area contributed by atoms with Crippen LogP contribution in [0.4, 0.5) is 4.79 Å². The van der Waals surface area contributed by atoms with Gasteiger partial charge in [-0.15, -0.1) is 0 Å². The van der Waals surface area contributed by atoms with E-state index in [1.165, 1.54) is 0 Å². The second kappa shape index (κ2) is 7.45. The summed E-state index contributed by atoms with van der Waals surface area (Å²) in [7, 11) is 0. The number of hydrogen-bond donors (Lipinski definition) is 1. The van der Waals surface area contributed by atoms with Crippen molar-refractivity contribution in [1.29, 1.82) is 0 Å². The van der Waals surface area contributed by atoms with Gasteiger partial charge in [0.15, 0.2) is 0 Å². The van der Waals surface area contributed by atoms with Gasteiger partial charge in [-0.25, -0.2) is 9.78 Å². The SMILES string of the molecule is CC(C)(C)OC(=O)NC1CCN(Cc2cc(=O)n3ccccc3n2)CC1. The Bertz CT molecular complexity index is 833. The number of ether oxygens (including phenoxy) is 1. The maximum atomic E-state index is 12.2. The van der Waals surface area contributed by atoms with Gasteiger partial charge in [0.25, 0.3) is 5.56 Å². The molecular weight excluding hydrogens is 332 g/mol. The summed E-state index contributed by atoms with van der Waals surface area (Å²) in [6.07, 6.45) is 3.07. The van der Waals surface area contributed by atoms with Crippen molar-refractivity contribution in [2.45, 2.75) is 51.8 Å². The number of carbonyl (C=O) groups excluding carboxylic acids is 1. The molecule has 1 aliphatic heterocycles. The molecule has 7 nitrogen and oxygen atoms in total. The highest BCUT2D eigenvalue weighted by Gasteiger charge is 2.23. The van der Waals surface area contributed by atoms with E-state index in [4.69, 9.17) is 4.74 Å². The zero-order valence-corrected chi connectivity index (χ0v) is 15.6. The Morgan fingerprint density at radius 2 is 2.04 bits per heavy atom. The molecular formula is C19H26N4O3. The van der Waals surface area contributed by atoms with Gasteiger partial charge in [-0.3, -0.25) is 14.1 Å². The average Bonchev–Trinajstić information content (AvgIpc) is 2.55. The number of rotatable bonds is 3. The van der Waals surface area contributed by atoms with Crippen molar-refractivity contribution in [2.24, 2.45) is 0 Å². The lowest BCUT2D eigenvalue weighted by atomic mass is 10.1. The number of alkyl carbamates (subject to hydrolysis) is 1. The minimum atomic E-state index is -0.486. The molecule has 0 aliphatic carbocycles. The van der Waals surface area contributed by atoms with E-state index in [9.17, 15) is 9.59 Å². The number of amides is 1. The molecule has 0 saturated carbocycles. The first-order chi connectivity index (χ1) is 12.3. The van der Waals surface area contributed by atoms with Gasteiger partial charge < -0.3 is 10.1 Å². The third kappa shape index (κ3) is 4.82. The number of nitrogens with one attached hydrogen (secondary N) is 1. The zero-order chi connectivity index (χ0) is 18.7. The number of fused-ring (bicyclic) bond motifs is 1. The average molecular weight is 358 g/mol. The topological polar surface area (TPSA) is 75.9 Å². The predicted molar refractivity (Wildman–Crippen MR) is 99.1 cm³/mol. The molecule has 0 unspecified atom stereocenters. The number of carbonyl (C=O) groups is 1. The van der Waals surface area contributed by atoms with Crippen LogP contribution in [0.5, 0.6) is 0 Å². The lowest BCUT2D eigenvalue weighted by Crippen LogP contribution is -2.46. The largest absolute Gasteiger partial charge is 0.444 e. The Labute approximate surface area is 153 Å². The molecule has 1 saturated heterocycles. The van der Waals surface area contributed by atoms with Gasteiger partial charge in [0.1, 0.15) is 11.2 Å². The summed E-state index contributed by atoms with van der Waals surface area (Å²) in [6.45, 7) is 7.89. The van der Waals surface area contributed by atoms with E-state index in [0.29, 0.717) is 12.2 Å². The van der Waals surface area contributed by atoms with Crippen molar-refractivity contribution in [1.82, 2.24) is 19.6 Å². The van der Waals surface area contributed by atoms with Crippen molar-refractivity contribution < 1.29 is 9.53 Å². The number of aromatic nitrogens is 2. The van der Waals surface area contributed by atoms with Crippen molar-refractivity contribution >= 4 is 11.7 Å². The lowest BCUT2D eigenvalue weighted by molar-refractivity contribution is 0.0477. The number of pyridine rings is 1. The molecule has 1 aliphatic rings. The Balaban J connectivity index is 1.54. The third-order valence-corrected chi connectivity index (χ3v) is 4.32. The maximum Gasteiger partial charge on any atom is 0.407 e. The molecule has 0 radical (unpaired) electrons. The molecule has 1 fully saturated rings. The normalized spacial score (nSPS) is 16.6. The van der Waals surface area contributed by atoms with Crippen LogP contribution in [0.2, 0.25) is 0 Å². The minimum Gasteiger partial charge on any atom is -0.444 e. The Hall–Kier alpha value is -2.41. The maximum absolute atomic E-state index is 12.2. The molecule has 0 bridgehead atoms. The van der Waals surface area contributed by atoms with E-state index in [2.05, 4.69) is 15.2 Å². The summed E-state index contributed by atoms with van der Waals surface area (Å²) in [5, 5.41) is 2.94. The molecule has 2 aromatic rings. The number of piperidine rings is 1. The molecule has 26 heavy (non-hydrogen) atoms. The number of hydrogen-bond acceptors (Lipinski definition) is 5. The van der Waals surface area contributed by atoms with Gasteiger partial charge in [0, 0.05) is 37.9 Å². The minimum absolute atomic E-state index is 0.0629. The molecule has 2 aromatic heterocycles. The molecule has 3 heterocycles. The van der Waals surface area contributed by atoms with Crippen LogP contribution < -0.4 is 10.9 Å². The second-order valence-corrected chi connectivity index (χ2v) is 7.71. The van der Waals surface area contributed by atoms with Crippen LogP contribution in [0, 0.1) is 0 Å². The van der Waals surface area contributed by atoms with E-state index in [0.717, 1.165) is 31.6 Å². The standard InChI is InChI=1S/C19H26N4O3/c1-19(2,3)26-18(25)21-14-7-10-22(11-8-14)13-15-12-17(24)23-9-5-4-6-16(23)20-15/h4-6,9,12,14H,7-8,10-11,13H2,1-3H3,(H,21,25). The summed E-state index contributed by atoms with van der Waals surface area (Å²) in [5.74, 6) is 0. The fraction of sp³-hybridized carbons (Fsp3) is 0.526. The van der Waals surface area contributed by atoms with Crippen LogP contribution in [0.25, 0.3) is 5.65 Å². The van der Waals surface area contributed by atoms with Gasteiger partial charge in [-0.2, -0.15) is 0 Å². The van der Waals surface area contributed by atoms with Gasteiger partial charge in [-0.1, -0.05) is 6.07 Å². The van der Waals surface area contributed by atoms with Crippen LogP contribution in [-0.2, 0) is 11.3 Å². The van der Waals surface area contributed by atoms with Gasteiger partial charge >= 0.3 is 6.09 Å². The van der Waals surface area contributed by atoms with Gasteiger partial charge in [0.05, 0.1) is 5.69 Å². The van der Waals surface area contributed by atoms with Crippen molar-refractivity contribution in [3.63, 3.8) is 0 Å². The van der Waals surface area contributed by atoms with E-state index in [1.807, 2.05) is 39.0 Å². The highest BCUT2D eigenvalue weighted by atomic mass is 16.6. The molecule has 0 atom stereocenters. The molecule has 3 rings (SSSR count). The van der Waals surface area contributed by atoms with Crippen molar-refractivity contribution in [3.8, 4) is 0 Å². The highest BCUT2D eigenvalue weighted by Crippen LogP contribution is 2.14. The number of nitrogens with zero attached hydrogens (tertiary/aromatic N) is 3. The summed E-state index contributed by atoms with van der Waals surface area (Å²) in [6, 6.07) is 7.24. The first kappa shape index (κ1) is 18.4. The molecule has 1 amide bonds. The van der Waals surface area contributed by atoms with E-state index in [1.54, 1.807) is 16.7 Å². The van der Waals surface area contributed by atoms with Crippen LogP contribution >= 0.6 is 0 Å². The van der Waals surface area contributed by atoms with Crippen molar-refractivity contribution in [2.75, 3.05) is 13.1 Å². The fourth-order valence-corrected chi connectivity index (χ4v) is 3.12. The smallest absolute Gasteiger partial charge is 0.407 e. The predicted octanol–water partition coefficient (Wildman–Crippen LogP) is 2.18. The third-order valence-electron chi connectivity index (χ3n) is 4.32. The Morgan fingerprint density at radius 1 is 1.31 bits per heavy atom.